The van der Waals surface area contributed by atoms with Gasteiger partial charge in [-0.2, -0.15) is 5.26 Å². The molecule has 202 valence electrons. The maximum Gasteiger partial charge on any atom is 0.230 e. The smallest absolute Gasteiger partial charge is 0.230 e. The second-order valence-corrected chi connectivity index (χ2v) is 10.8. The van der Waals surface area contributed by atoms with Crippen LogP contribution in [0.1, 0.15) is 5.56 Å². The molecule has 6 aromatic carbocycles. The van der Waals surface area contributed by atoms with Gasteiger partial charge in [-0.3, -0.25) is 0 Å². The zero-order chi connectivity index (χ0) is 28.5. The molecule has 0 saturated carbocycles. The van der Waals surface area contributed by atoms with E-state index in [1.165, 1.54) is 0 Å². The van der Waals surface area contributed by atoms with Crippen LogP contribution in [0.15, 0.2) is 126 Å². The summed E-state index contributed by atoms with van der Waals surface area (Å²) in [6, 6.07) is 43.4. The number of para-hydroxylation sites is 3. The van der Waals surface area contributed by atoms with Crippen molar-refractivity contribution in [3.63, 3.8) is 0 Å². The summed E-state index contributed by atoms with van der Waals surface area (Å²) in [5.41, 5.74) is 9.45. The second kappa shape index (κ2) is 9.01. The summed E-state index contributed by atoms with van der Waals surface area (Å²) in [5, 5.41) is 13.9. The zero-order valence-electron chi connectivity index (χ0n) is 22.9. The predicted molar refractivity (Wildman–Crippen MR) is 170 cm³/mol. The normalized spacial score (nSPS) is 12.4. The minimum atomic E-state index is 0.115. The molecular weight excluding hydrogens is 532 g/mol. The van der Waals surface area contributed by atoms with Crippen molar-refractivity contribution in [2.45, 2.75) is 0 Å². The molecule has 0 bridgehead atoms. The number of nitrogens with zero attached hydrogens (tertiary/aromatic N) is 2. The molecule has 0 fully saturated rings. The number of nitriles is 1. The molecule has 5 nitrogen and oxygen atoms in total. The van der Waals surface area contributed by atoms with Crippen molar-refractivity contribution in [3.05, 3.63) is 127 Å². The molecular formula is C38H22N2O3. The van der Waals surface area contributed by atoms with Crippen LogP contribution in [0.2, 0.25) is 0 Å². The summed E-state index contributed by atoms with van der Waals surface area (Å²) in [6.07, 6.45) is 0. The fourth-order valence-electron chi connectivity index (χ4n) is 6.48. The molecule has 0 unspecified atom stereocenters. The lowest BCUT2D eigenvalue weighted by Gasteiger charge is -2.13. The highest BCUT2D eigenvalue weighted by Gasteiger charge is 2.21. The van der Waals surface area contributed by atoms with Gasteiger partial charge in [0.15, 0.2) is 0 Å². The molecule has 8 aromatic rings. The van der Waals surface area contributed by atoms with Crippen molar-refractivity contribution in [1.29, 1.82) is 5.26 Å². The second-order valence-electron chi connectivity index (χ2n) is 10.8. The Labute approximate surface area is 246 Å². The van der Waals surface area contributed by atoms with Crippen molar-refractivity contribution >= 4 is 43.7 Å². The van der Waals surface area contributed by atoms with Gasteiger partial charge >= 0.3 is 0 Å². The fraction of sp³-hybridized carbons (Fsp3) is 0.0263. The third-order valence-electron chi connectivity index (χ3n) is 8.44. The molecule has 1 aliphatic rings. The van der Waals surface area contributed by atoms with Gasteiger partial charge in [-0.15, -0.1) is 0 Å². The number of furan rings is 1. The number of fused-ring (bicyclic) bond motifs is 9. The van der Waals surface area contributed by atoms with E-state index in [0.717, 1.165) is 83.2 Å². The van der Waals surface area contributed by atoms with Crippen LogP contribution in [0.5, 0.6) is 11.5 Å². The Morgan fingerprint density at radius 3 is 2.33 bits per heavy atom. The quantitative estimate of drug-likeness (QED) is 0.213. The lowest BCUT2D eigenvalue weighted by Crippen LogP contribution is -2.03. The van der Waals surface area contributed by atoms with E-state index in [-0.39, 0.29) is 6.79 Å². The zero-order valence-corrected chi connectivity index (χ0v) is 22.9. The molecule has 1 aliphatic heterocycles. The van der Waals surface area contributed by atoms with Gasteiger partial charge in [0.25, 0.3) is 0 Å². The fourth-order valence-corrected chi connectivity index (χ4v) is 6.48. The monoisotopic (exact) mass is 554 g/mol. The van der Waals surface area contributed by atoms with Gasteiger partial charge in [-0.05, 0) is 66.2 Å². The Hall–Kier alpha value is -5.99. The van der Waals surface area contributed by atoms with Crippen LogP contribution in [0, 0.1) is 11.3 Å². The largest absolute Gasteiger partial charge is 0.457 e. The van der Waals surface area contributed by atoms with E-state index >= 15 is 0 Å². The van der Waals surface area contributed by atoms with Crippen molar-refractivity contribution in [2.24, 2.45) is 0 Å². The van der Waals surface area contributed by atoms with Gasteiger partial charge in [0.1, 0.15) is 22.7 Å². The number of ether oxygens (including phenoxy) is 2. The Kier molecular flexibility index (Phi) is 4.96. The molecule has 0 radical (unpaired) electrons. The highest BCUT2D eigenvalue weighted by Crippen LogP contribution is 2.44. The Morgan fingerprint density at radius 1 is 0.581 bits per heavy atom. The van der Waals surface area contributed by atoms with Crippen LogP contribution < -0.4 is 9.47 Å². The summed E-state index contributed by atoms with van der Waals surface area (Å²) < 4.78 is 20.8. The van der Waals surface area contributed by atoms with Crippen LogP contribution in [0.3, 0.4) is 0 Å². The van der Waals surface area contributed by atoms with Crippen molar-refractivity contribution in [3.8, 4) is 45.5 Å². The molecule has 0 amide bonds. The standard InChI is InChI=1S/C38H22N2O3/c39-21-23-12-16-34-31(18-23)27-6-1-3-10-33(27)40(34)25-14-17-35-32(20-25)29-15-13-24(19-37(29)42-22-41-35)26-8-5-9-30-28-7-2-4-11-36(28)43-38(26)30/h1-20H,22H2. The summed E-state index contributed by atoms with van der Waals surface area (Å²) in [6.45, 7) is 0.115. The lowest BCUT2D eigenvalue weighted by atomic mass is 9.97. The van der Waals surface area contributed by atoms with E-state index in [1.54, 1.807) is 0 Å². The lowest BCUT2D eigenvalue weighted by molar-refractivity contribution is 0.125. The Bertz CT molecular complexity index is 2460. The van der Waals surface area contributed by atoms with Crippen molar-refractivity contribution < 1.29 is 13.9 Å². The summed E-state index contributed by atoms with van der Waals surface area (Å²) in [7, 11) is 0. The summed E-state index contributed by atoms with van der Waals surface area (Å²) in [5.74, 6) is 1.52. The Balaban J connectivity index is 1.22. The molecule has 3 heterocycles. The predicted octanol–water partition coefficient (Wildman–Crippen LogP) is 9.62. The van der Waals surface area contributed by atoms with Crippen molar-refractivity contribution in [1.82, 2.24) is 4.57 Å². The first kappa shape index (κ1) is 23.7. The summed E-state index contributed by atoms with van der Waals surface area (Å²) >= 11 is 0. The first-order valence-electron chi connectivity index (χ1n) is 14.2. The number of rotatable bonds is 2. The van der Waals surface area contributed by atoms with Crippen LogP contribution in [-0.4, -0.2) is 11.4 Å². The minimum absolute atomic E-state index is 0.115. The molecule has 43 heavy (non-hydrogen) atoms. The van der Waals surface area contributed by atoms with Gasteiger partial charge in [0, 0.05) is 43.9 Å². The number of benzene rings is 6. The van der Waals surface area contributed by atoms with Crippen molar-refractivity contribution in [2.75, 3.05) is 6.79 Å². The number of aromatic nitrogens is 1. The topological polar surface area (TPSA) is 60.3 Å². The molecule has 0 aliphatic carbocycles. The maximum atomic E-state index is 9.53. The minimum Gasteiger partial charge on any atom is -0.457 e. The summed E-state index contributed by atoms with van der Waals surface area (Å²) in [4.78, 5) is 0. The molecule has 0 N–H and O–H groups in total. The van der Waals surface area contributed by atoms with Crippen LogP contribution >= 0.6 is 0 Å². The first-order valence-corrected chi connectivity index (χ1v) is 14.2. The SMILES string of the molecule is N#Cc1ccc2c(c1)c1ccccc1n2-c1ccc2c(c1)-c1ccc(-c3cccc4c3oc3ccccc34)cc1OCO2. The van der Waals surface area contributed by atoms with Crippen LogP contribution in [0.4, 0.5) is 0 Å². The Morgan fingerprint density at radius 2 is 1.40 bits per heavy atom. The molecule has 9 rings (SSSR count). The van der Waals surface area contributed by atoms with Gasteiger partial charge in [0.2, 0.25) is 6.79 Å². The molecule has 0 saturated heterocycles. The molecule has 0 spiro atoms. The average Bonchev–Trinajstić information content (AvgIpc) is 3.54. The first-order chi connectivity index (χ1) is 21.3. The van der Waals surface area contributed by atoms with Crippen LogP contribution in [0.25, 0.3) is 71.7 Å². The van der Waals surface area contributed by atoms with E-state index in [9.17, 15) is 5.26 Å². The number of hydrogen-bond donors (Lipinski definition) is 0. The van der Waals surface area contributed by atoms with Gasteiger partial charge in [0.05, 0.1) is 22.7 Å². The van der Waals surface area contributed by atoms with E-state index in [1.807, 2.05) is 54.6 Å². The van der Waals surface area contributed by atoms with E-state index < -0.39 is 0 Å². The third-order valence-corrected chi connectivity index (χ3v) is 8.44. The van der Waals surface area contributed by atoms with Gasteiger partial charge in [-0.25, -0.2) is 0 Å². The molecule has 5 heteroatoms. The highest BCUT2D eigenvalue weighted by atomic mass is 16.7. The van der Waals surface area contributed by atoms with Gasteiger partial charge < -0.3 is 18.5 Å². The average molecular weight is 555 g/mol. The van der Waals surface area contributed by atoms with E-state index in [4.69, 9.17) is 13.9 Å². The highest BCUT2D eigenvalue weighted by molar-refractivity contribution is 6.10. The van der Waals surface area contributed by atoms with Gasteiger partial charge in [-0.1, -0.05) is 60.7 Å². The van der Waals surface area contributed by atoms with E-state index in [0.29, 0.717) is 5.56 Å². The third kappa shape index (κ3) is 3.51. The van der Waals surface area contributed by atoms with Crippen LogP contribution in [-0.2, 0) is 0 Å². The maximum absolute atomic E-state index is 9.53. The van der Waals surface area contributed by atoms with E-state index in [2.05, 4.69) is 77.4 Å². The molecule has 0 atom stereocenters. The number of hydrogen-bond acceptors (Lipinski definition) is 4. The molecule has 2 aromatic heterocycles.